The molecule has 0 bridgehead atoms. The smallest absolute Gasteiger partial charge is 0.140 e. The lowest BCUT2D eigenvalue weighted by molar-refractivity contribution is -0.123. The minimum absolute atomic E-state index is 0.0976. The summed E-state index contributed by atoms with van der Waals surface area (Å²) in [5.41, 5.74) is 3.57. The number of benzene rings is 2. The van der Waals surface area contributed by atoms with Crippen molar-refractivity contribution in [3.8, 4) is 16.9 Å². The summed E-state index contributed by atoms with van der Waals surface area (Å²) in [6.45, 7) is 5.25. The predicted molar refractivity (Wildman–Crippen MR) is 126 cm³/mol. The molecule has 1 aliphatic carbocycles. The summed E-state index contributed by atoms with van der Waals surface area (Å²) in [6, 6.07) is 17.0. The first-order chi connectivity index (χ1) is 14.7. The van der Waals surface area contributed by atoms with Crippen molar-refractivity contribution in [1.29, 1.82) is 0 Å². The number of ether oxygens (including phenoxy) is 1. The lowest BCUT2D eigenvalue weighted by atomic mass is 9.76. The van der Waals surface area contributed by atoms with Gasteiger partial charge in [0.2, 0.25) is 0 Å². The normalized spacial score (nSPS) is 19.1. The number of Topliss-reactive ketones (excluding diaryl/α,β-unsaturated/α-hetero) is 1. The molecule has 0 aliphatic heterocycles. The zero-order valence-corrected chi connectivity index (χ0v) is 18.9. The van der Waals surface area contributed by atoms with Gasteiger partial charge in [-0.2, -0.15) is 0 Å². The monoisotopic (exact) mass is 406 g/mol. The van der Waals surface area contributed by atoms with Crippen LogP contribution in [0.1, 0.15) is 89.5 Å². The SMILES string of the molecule is CCCCCCOc1ccc(-c2ccc(C3CCC(CCCC)CC3=O)cc2)cc1. The van der Waals surface area contributed by atoms with Gasteiger partial charge in [-0.05, 0) is 54.0 Å². The lowest BCUT2D eigenvalue weighted by Crippen LogP contribution is -2.23. The molecule has 1 fully saturated rings. The van der Waals surface area contributed by atoms with Crippen LogP contribution in [0.15, 0.2) is 48.5 Å². The van der Waals surface area contributed by atoms with Crippen LogP contribution in [-0.4, -0.2) is 12.4 Å². The van der Waals surface area contributed by atoms with Crippen LogP contribution in [0.25, 0.3) is 11.1 Å². The first kappa shape index (κ1) is 22.6. The van der Waals surface area contributed by atoms with Crippen molar-refractivity contribution in [2.75, 3.05) is 6.61 Å². The Morgan fingerprint density at radius 2 is 1.47 bits per heavy atom. The average molecular weight is 407 g/mol. The summed E-state index contributed by atoms with van der Waals surface area (Å²) < 4.78 is 5.85. The van der Waals surface area contributed by atoms with Gasteiger partial charge in [-0.1, -0.05) is 88.8 Å². The molecule has 2 aromatic carbocycles. The maximum Gasteiger partial charge on any atom is 0.140 e. The van der Waals surface area contributed by atoms with Crippen LogP contribution in [-0.2, 0) is 4.79 Å². The van der Waals surface area contributed by atoms with Gasteiger partial charge in [0.25, 0.3) is 0 Å². The molecule has 30 heavy (non-hydrogen) atoms. The van der Waals surface area contributed by atoms with Crippen LogP contribution in [0.5, 0.6) is 5.75 Å². The van der Waals surface area contributed by atoms with Crippen molar-refractivity contribution in [2.24, 2.45) is 5.92 Å². The molecule has 0 amide bonds. The third-order valence-corrected chi connectivity index (χ3v) is 6.48. The number of ketones is 1. The van der Waals surface area contributed by atoms with E-state index in [0.29, 0.717) is 11.7 Å². The van der Waals surface area contributed by atoms with Crippen LogP contribution in [0, 0.1) is 5.92 Å². The van der Waals surface area contributed by atoms with E-state index in [0.717, 1.165) is 31.6 Å². The fraction of sp³-hybridized carbons (Fsp3) is 0.536. The molecule has 2 aromatic rings. The maximum absolute atomic E-state index is 12.7. The molecule has 1 saturated carbocycles. The Labute approximate surface area is 183 Å². The van der Waals surface area contributed by atoms with E-state index in [1.54, 1.807) is 0 Å². The molecule has 2 unspecified atom stereocenters. The second kappa shape index (κ2) is 11.9. The van der Waals surface area contributed by atoms with Gasteiger partial charge in [0.1, 0.15) is 11.5 Å². The van der Waals surface area contributed by atoms with Gasteiger partial charge >= 0.3 is 0 Å². The van der Waals surface area contributed by atoms with Gasteiger partial charge in [0.05, 0.1) is 6.61 Å². The Kier molecular flexibility index (Phi) is 8.99. The van der Waals surface area contributed by atoms with E-state index in [1.807, 2.05) is 0 Å². The molecule has 2 heteroatoms. The summed E-state index contributed by atoms with van der Waals surface area (Å²) in [4.78, 5) is 12.7. The number of carbonyl (C=O) groups excluding carboxylic acids is 1. The molecule has 0 heterocycles. The molecule has 0 spiro atoms. The van der Waals surface area contributed by atoms with Crippen molar-refractivity contribution in [3.63, 3.8) is 0 Å². The van der Waals surface area contributed by atoms with Crippen LogP contribution in [0.2, 0.25) is 0 Å². The summed E-state index contributed by atoms with van der Waals surface area (Å²) in [5.74, 6) is 2.09. The van der Waals surface area contributed by atoms with Gasteiger partial charge in [-0.3, -0.25) is 4.79 Å². The van der Waals surface area contributed by atoms with Crippen molar-refractivity contribution >= 4 is 5.78 Å². The summed E-state index contributed by atoms with van der Waals surface area (Å²) >= 11 is 0. The van der Waals surface area contributed by atoms with E-state index in [-0.39, 0.29) is 5.92 Å². The minimum Gasteiger partial charge on any atom is -0.494 e. The van der Waals surface area contributed by atoms with Gasteiger partial charge in [-0.25, -0.2) is 0 Å². The number of hydrogen-bond acceptors (Lipinski definition) is 2. The standard InChI is InChI=1S/C28H38O2/c1-3-5-7-8-20-30-26-17-15-24(16-18-26)23-11-13-25(14-12-23)27-19-10-22(9-6-4-2)21-28(27)29/h11-18,22,27H,3-10,19-21H2,1-2H3. The third kappa shape index (κ3) is 6.45. The highest BCUT2D eigenvalue weighted by Gasteiger charge is 2.29. The topological polar surface area (TPSA) is 26.3 Å². The zero-order chi connectivity index (χ0) is 21.2. The van der Waals surface area contributed by atoms with Crippen LogP contribution < -0.4 is 4.74 Å². The van der Waals surface area contributed by atoms with E-state index in [1.165, 1.54) is 61.6 Å². The van der Waals surface area contributed by atoms with Gasteiger partial charge in [0.15, 0.2) is 0 Å². The highest BCUT2D eigenvalue weighted by atomic mass is 16.5. The fourth-order valence-corrected chi connectivity index (χ4v) is 4.55. The second-order valence-corrected chi connectivity index (χ2v) is 8.86. The third-order valence-electron chi connectivity index (χ3n) is 6.48. The van der Waals surface area contributed by atoms with Crippen molar-refractivity contribution in [2.45, 2.75) is 84.0 Å². The summed E-state index contributed by atoms with van der Waals surface area (Å²) in [7, 11) is 0. The highest BCUT2D eigenvalue weighted by Crippen LogP contribution is 2.36. The van der Waals surface area contributed by atoms with Gasteiger partial charge in [-0.15, -0.1) is 0 Å². The summed E-state index contributed by atoms with van der Waals surface area (Å²) in [6.07, 6.45) is 11.6. The first-order valence-electron chi connectivity index (χ1n) is 12.1. The summed E-state index contributed by atoms with van der Waals surface area (Å²) in [5, 5.41) is 0. The van der Waals surface area contributed by atoms with Crippen LogP contribution in [0.3, 0.4) is 0 Å². The number of hydrogen-bond donors (Lipinski definition) is 0. The van der Waals surface area contributed by atoms with E-state index < -0.39 is 0 Å². The molecule has 0 radical (unpaired) electrons. The van der Waals surface area contributed by atoms with Crippen molar-refractivity contribution in [1.82, 2.24) is 0 Å². The van der Waals surface area contributed by atoms with Gasteiger partial charge in [0, 0.05) is 12.3 Å². The molecular weight excluding hydrogens is 368 g/mol. The van der Waals surface area contributed by atoms with Crippen LogP contribution in [0.4, 0.5) is 0 Å². The number of rotatable bonds is 11. The van der Waals surface area contributed by atoms with E-state index >= 15 is 0 Å². The highest BCUT2D eigenvalue weighted by molar-refractivity contribution is 5.86. The molecule has 1 aliphatic rings. The Morgan fingerprint density at radius 1 is 0.800 bits per heavy atom. The van der Waals surface area contributed by atoms with E-state index in [9.17, 15) is 4.79 Å². The molecule has 0 aromatic heterocycles. The predicted octanol–water partition coefficient (Wildman–Crippen LogP) is 7.96. The second-order valence-electron chi connectivity index (χ2n) is 8.86. The molecule has 2 atom stereocenters. The Balaban J connectivity index is 1.53. The van der Waals surface area contributed by atoms with E-state index in [4.69, 9.17) is 4.74 Å². The van der Waals surface area contributed by atoms with Crippen molar-refractivity contribution in [3.05, 3.63) is 54.1 Å². The minimum atomic E-state index is 0.0976. The largest absolute Gasteiger partial charge is 0.494 e. The maximum atomic E-state index is 12.7. The Morgan fingerprint density at radius 3 is 2.10 bits per heavy atom. The van der Waals surface area contributed by atoms with Gasteiger partial charge < -0.3 is 4.74 Å². The Bertz CT molecular complexity index is 760. The molecule has 2 nitrogen and oxygen atoms in total. The number of unbranched alkanes of at least 4 members (excludes halogenated alkanes) is 4. The molecule has 3 rings (SSSR count). The quantitative estimate of drug-likeness (QED) is 0.354. The molecule has 0 saturated heterocycles. The molecular formula is C28H38O2. The lowest BCUT2D eigenvalue weighted by Gasteiger charge is -2.27. The first-order valence-corrected chi connectivity index (χ1v) is 12.1. The average Bonchev–Trinajstić information content (AvgIpc) is 2.78. The Hall–Kier alpha value is -2.09. The van der Waals surface area contributed by atoms with Crippen molar-refractivity contribution < 1.29 is 9.53 Å². The molecule has 0 N–H and O–H groups in total. The fourth-order valence-electron chi connectivity index (χ4n) is 4.55. The molecule has 162 valence electrons. The zero-order valence-electron chi connectivity index (χ0n) is 18.9. The van der Waals surface area contributed by atoms with E-state index in [2.05, 4.69) is 62.4 Å². The number of carbonyl (C=O) groups is 1. The van der Waals surface area contributed by atoms with Crippen LogP contribution >= 0.6 is 0 Å².